The second kappa shape index (κ2) is 12.6. The molecule has 0 fully saturated rings. The van der Waals surface area contributed by atoms with Gasteiger partial charge in [0.15, 0.2) is 7.14 Å². The number of furan rings is 1. The molecule has 0 aliphatic carbocycles. The number of hydrogen-bond acceptors (Lipinski definition) is 4. The summed E-state index contributed by atoms with van der Waals surface area (Å²) in [7, 11) is -3.16. The Bertz CT molecular complexity index is 2990. The molecule has 0 unspecified atom stereocenters. The number of aromatic nitrogens is 2. The zero-order valence-corrected chi connectivity index (χ0v) is 29.5. The van der Waals surface area contributed by atoms with E-state index in [-0.39, 0.29) is 0 Å². The Morgan fingerprint density at radius 3 is 1.62 bits per heavy atom. The monoisotopic (exact) mass is 698 g/mol. The lowest BCUT2D eigenvalue weighted by molar-refractivity contribution is 0.592. The predicted octanol–water partition coefficient (Wildman–Crippen LogP) is 11.3. The highest BCUT2D eigenvalue weighted by atomic mass is 31.2. The highest BCUT2D eigenvalue weighted by Crippen LogP contribution is 2.44. The zero-order chi connectivity index (χ0) is 35.4. The van der Waals surface area contributed by atoms with E-state index in [1.54, 1.807) is 0 Å². The first-order chi connectivity index (χ1) is 26.1. The number of pyridine rings is 2. The molecule has 0 N–H and O–H groups in total. The summed E-state index contributed by atoms with van der Waals surface area (Å²) in [4.78, 5) is 10.3. The molecular formula is C48H31N2O2P. The molecule has 0 bridgehead atoms. The van der Waals surface area contributed by atoms with Crippen LogP contribution in [0.1, 0.15) is 0 Å². The lowest BCUT2D eigenvalue weighted by atomic mass is 9.98. The number of benzene rings is 7. The van der Waals surface area contributed by atoms with Crippen LogP contribution in [0.15, 0.2) is 192 Å². The largest absolute Gasteiger partial charge is 0.456 e. The zero-order valence-electron chi connectivity index (χ0n) is 28.6. The fourth-order valence-electron chi connectivity index (χ4n) is 7.52. The first-order valence-corrected chi connectivity index (χ1v) is 19.4. The minimum Gasteiger partial charge on any atom is -0.456 e. The van der Waals surface area contributed by atoms with Crippen LogP contribution in [-0.4, -0.2) is 9.97 Å². The van der Waals surface area contributed by atoms with Gasteiger partial charge in [-0.05, 0) is 53.6 Å². The van der Waals surface area contributed by atoms with Crippen LogP contribution in [0, 0.1) is 0 Å². The number of hydrogen-bond donors (Lipinski definition) is 0. The average molecular weight is 699 g/mol. The number of nitrogens with zero attached hydrogens (tertiary/aromatic N) is 2. The maximum Gasteiger partial charge on any atom is 0.171 e. The molecular weight excluding hydrogens is 668 g/mol. The summed E-state index contributed by atoms with van der Waals surface area (Å²) in [6, 6.07) is 63.1. The summed E-state index contributed by atoms with van der Waals surface area (Å²) in [5.41, 5.74) is 9.18. The molecule has 53 heavy (non-hydrogen) atoms. The highest BCUT2D eigenvalue weighted by Gasteiger charge is 2.30. The van der Waals surface area contributed by atoms with Crippen molar-refractivity contribution in [1.82, 2.24) is 9.97 Å². The topological polar surface area (TPSA) is 56.0 Å². The van der Waals surface area contributed by atoms with Crippen LogP contribution in [0.2, 0.25) is 0 Å². The van der Waals surface area contributed by atoms with E-state index in [1.165, 1.54) is 0 Å². The van der Waals surface area contributed by atoms with Gasteiger partial charge in [0.2, 0.25) is 0 Å². The first kappa shape index (κ1) is 31.2. The van der Waals surface area contributed by atoms with Gasteiger partial charge < -0.3 is 8.98 Å². The molecule has 0 aliphatic rings. The Kier molecular flexibility index (Phi) is 7.38. The molecule has 0 radical (unpaired) electrons. The smallest absolute Gasteiger partial charge is 0.171 e. The molecule has 0 atom stereocenters. The van der Waals surface area contributed by atoms with Crippen molar-refractivity contribution in [3.05, 3.63) is 188 Å². The summed E-state index contributed by atoms with van der Waals surface area (Å²) in [5.74, 6) is 0. The summed E-state index contributed by atoms with van der Waals surface area (Å²) < 4.78 is 21.7. The van der Waals surface area contributed by atoms with Crippen LogP contribution in [0.25, 0.3) is 77.4 Å². The molecule has 0 spiro atoms. The molecule has 4 nitrogen and oxygen atoms in total. The average Bonchev–Trinajstić information content (AvgIpc) is 3.62. The molecule has 250 valence electrons. The molecule has 0 amide bonds. The molecule has 5 heteroatoms. The van der Waals surface area contributed by atoms with Gasteiger partial charge in [-0.25, -0.2) is 9.97 Å². The first-order valence-electron chi connectivity index (χ1n) is 17.7. The molecule has 0 saturated heterocycles. The summed E-state index contributed by atoms with van der Waals surface area (Å²) in [6.07, 6.45) is 0. The van der Waals surface area contributed by atoms with Crippen molar-refractivity contribution >= 4 is 66.8 Å². The van der Waals surface area contributed by atoms with Crippen molar-refractivity contribution in [1.29, 1.82) is 0 Å². The third-order valence-corrected chi connectivity index (χ3v) is 13.2. The van der Waals surface area contributed by atoms with Gasteiger partial charge in [-0.15, -0.1) is 0 Å². The normalized spacial score (nSPS) is 11.8. The van der Waals surface area contributed by atoms with E-state index in [9.17, 15) is 0 Å². The Balaban J connectivity index is 1.12. The maximum absolute atomic E-state index is 15.3. The van der Waals surface area contributed by atoms with E-state index < -0.39 is 7.14 Å². The second-order valence-corrected chi connectivity index (χ2v) is 16.1. The standard InChI is InChI=1S/C48H31N2O2P/c51-53(37-15-6-2-7-16-37,38-17-8-3-9-18-38)39-19-10-14-35(30-39)40-20-11-21-45-46(40)41-31-36(26-29-44(41)52-45)43-28-25-34-23-22-33-24-27-42(32-12-4-1-5-13-32)49-47(33)48(34)50-43/h1-31H. The second-order valence-electron chi connectivity index (χ2n) is 13.3. The Morgan fingerprint density at radius 1 is 0.415 bits per heavy atom. The number of fused-ring (bicyclic) bond motifs is 6. The summed E-state index contributed by atoms with van der Waals surface area (Å²) in [6.45, 7) is 0. The van der Waals surface area contributed by atoms with Crippen LogP contribution in [0.3, 0.4) is 0 Å². The van der Waals surface area contributed by atoms with E-state index in [1.807, 2.05) is 109 Å². The lowest BCUT2D eigenvalue weighted by Gasteiger charge is -2.20. The third kappa shape index (κ3) is 5.27. The SMILES string of the molecule is O=P(c1ccccc1)(c1ccccc1)c1cccc(-c2cccc3oc4ccc(-c5ccc6ccc7ccc(-c8ccccc8)nc7c6n5)cc4c23)c1. The molecule has 0 saturated carbocycles. The van der Waals surface area contributed by atoms with Crippen LogP contribution in [-0.2, 0) is 4.57 Å². The maximum atomic E-state index is 15.3. The van der Waals surface area contributed by atoms with E-state index in [0.29, 0.717) is 0 Å². The third-order valence-electron chi connectivity index (χ3n) is 10.1. The minimum atomic E-state index is -3.16. The minimum absolute atomic E-state index is 0.787. The molecule has 7 aromatic carbocycles. The molecule has 3 heterocycles. The molecule has 10 aromatic rings. The van der Waals surface area contributed by atoms with Gasteiger partial charge in [0.05, 0.1) is 22.4 Å². The molecule has 10 rings (SSSR count). The quantitative estimate of drug-likeness (QED) is 0.128. The van der Waals surface area contributed by atoms with Crippen LogP contribution < -0.4 is 15.9 Å². The van der Waals surface area contributed by atoms with E-state index in [0.717, 1.165) is 93.3 Å². The van der Waals surface area contributed by atoms with Crippen molar-refractivity contribution in [3.8, 4) is 33.6 Å². The Morgan fingerprint density at radius 2 is 0.962 bits per heavy atom. The van der Waals surface area contributed by atoms with Crippen LogP contribution in [0.5, 0.6) is 0 Å². The van der Waals surface area contributed by atoms with Gasteiger partial charge in [0, 0.05) is 48.6 Å². The van der Waals surface area contributed by atoms with Crippen molar-refractivity contribution < 1.29 is 8.98 Å². The molecule has 3 aromatic heterocycles. The van der Waals surface area contributed by atoms with Gasteiger partial charge in [-0.2, -0.15) is 0 Å². The van der Waals surface area contributed by atoms with E-state index >= 15 is 4.57 Å². The van der Waals surface area contributed by atoms with Crippen molar-refractivity contribution in [3.63, 3.8) is 0 Å². The van der Waals surface area contributed by atoms with Crippen LogP contribution in [0.4, 0.5) is 0 Å². The lowest BCUT2D eigenvalue weighted by Crippen LogP contribution is -2.25. The van der Waals surface area contributed by atoms with E-state index in [2.05, 4.69) is 78.9 Å². The fraction of sp³-hybridized carbons (Fsp3) is 0. The van der Waals surface area contributed by atoms with Gasteiger partial charge >= 0.3 is 0 Å². The fourth-order valence-corrected chi connectivity index (χ4v) is 10.2. The predicted molar refractivity (Wildman–Crippen MR) is 220 cm³/mol. The van der Waals surface area contributed by atoms with Gasteiger partial charge in [0.25, 0.3) is 0 Å². The van der Waals surface area contributed by atoms with Crippen molar-refractivity contribution in [2.45, 2.75) is 0 Å². The Labute approximate surface area is 306 Å². The summed E-state index contributed by atoms with van der Waals surface area (Å²) in [5, 5.41) is 6.50. The summed E-state index contributed by atoms with van der Waals surface area (Å²) >= 11 is 0. The highest BCUT2D eigenvalue weighted by molar-refractivity contribution is 7.85. The van der Waals surface area contributed by atoms with Crippen molar-refractivity contribution in [2.75, 3.05) is 0 Å². The van der Waals surface area contributed by atoms with E-state index in [4.69, 9.17) is 14.4 Å². The molecule has 0 aliphatic heterocycles. The van der Waals surface area contributed by atoms with Crippen molar-refractivity contribution in [2.24, 2.45) is 0 Å². The van der Waals surface area contributed by atoms with Gasteiger partial charge in [-0.1, -0.05) is 146 Å². The van der Waals surface area contributed by atoms with Crippen LogP contribution >= 0.6 is 7.14 Å². The van der Waals surface area contributed by atoms with Gasteiger partial charge in [0.1, 0.15) is 11.2 Å². The Hall–Kier alpha value is -6.61. The van der Waals surface area contributed by atoms with Gasteiger partial charge in [-0.3, -0.25) is 0 Å². The number of rotatable bonds is 6.